The predicted molar refractivity (Wildman–Crippen MR) is 156 cm³/mol. The predicted octanol–water partition coefficient (Wildman–Crippen LogP) is 7.21. The number of pyridine rings is 1. The number of hydrogen-bond donors (Lipinski definition) is 0. The van der Waals surface area contributed by atoms with Gasteiger partial charge in [-0.25, -0.2) is 4.98 Å². The van der Waals surface area contributed by atoms with Gasteiger partial charge in [-0.2, -0.15) is 13.2 Å². The first-order chi connectivity index (χ1) is 20.2. The molecule has 3 aromatic heterocycles. The van der Waals surface area contributed by atoms with E-state index in [4.69, 9.17) is 9.47 Å². The summed E-state index contributed by atoms with van der Waals surface area (Å²) >= 11 is 1.73. The van der Waals surface area contributed by atoms with Crippen molar-refractivity contribution in [2.24, 2.45) is 0 Å². The average molecular weight is 596 g/mol. The number of imidazole rings is 1. The Labute approximate surface area is 246 Å². The van der Waals surface area contributed by atoms with E-state index >= 15 is 0 Å². The number of fused-ring (bicyclic) bond motifs is 2. The molecule has 6 nitrogen and oxygen atoms in total. The Bertz CT molecular complexity index is 1650. The molecule has 0 bridgehead atoms. The second-order valence-electron chi connectivity index (χ2n) is 10.8. The highest BCUT2D eigenvalue weighted by Gasteiger charge is 2.36. The maximum Gasteiger partial charge on any atom is 0.419 e. The summed E-state index contributed by atoms with van der Waals surface area (Å²) in [6, 6.07) is 10.3. The van der Waals surface area contributed by atoms with E-state index in [1.807, 2.05) is 30.6 Å². The Morgan fingerprint density at radius 3 is 2.64 bits per heavy atom. The maximum atomic E-state index is 12.8. The molecule has 0 unspecified atom stereocenters. The van der Waals surface area contributed by atoms with E-state index in [9.17, 15) is 18.0 Å². The van der Waals surface area contributed by atoms with E-state index in [1.54, 1.807) is 24.3 Å². The summed E-state index contributed by atoms with van der Waals surface area (Å²) in [7, 11) is 0. The van der Waals surface area contributed by atoms with Gasteiger partial charge in [0.05, 0.1) is 42.9 Å². The highest BCUT2D eigenvalue weighted by Crippen LogP contribution is 2.41. The Morgan fingerprint density at radius 2 is 1.98 bits per heavy atom. The van der Waals surface area contributed by atoms with Gasteiger partial charge in [-0.15, -0.1) is 11.3 Å². The van der Waals surface area contributed by atoms with Crippen LogP contribution in [0.4, 0.5) is 13.2 Å². The first kappa shape index (κ1) is 28.5. The number of alkyl halides is 3. The number of aryl methyl sites for hydroxylation is 1. The molecule has 10 heteroatoms. The number of ketones is 1. The number of Topliss-reactive ketones (excluding diaryl/α,β-unsaturated/α-hetero) is 1. The molecule has 0 amide bonds. The van der Waals surface area contributed by atoms with Gasteiger partial charge in [0.1, 0.15) is 17.5 Å². The monoisotopic (exact) mass is 595 g/mol. The minimum Gasteiger partial charge on any atom is -0.485 e. The van der Waals surface area contributed by atoms with Crippen LogP contribution in [0.2, 0.25) is 0 Å². The molecule has 1 aliphatic carbocycles. The SMILES string of the molecule is CC(=O)c1csc2c1CCN(C(=C1CC1)c1cnc3ccccn13)C2.CCc1ccc(OC2COC2)c(C(F)(F)F)c1. The molecular formula is C32H32F3N3O3S. The van der Waals surface area contributed by atoms with Gasteiger partial charge in [-0.1, -0.05) is 19.1 Å². The van der Waals surface area contributed by atoms with Crippen molar-refractivity contribution in [1.82, 2.24) is 14.3 Å². The zero-order valence-electron chi connectivity index (χ0n) is 23.5. The van der Waals surface area contributed by atoms with E-state index in [-0.39, 0.29) is 17.6 Å². The van der Waals surface area contributed by atoms with Crippen molar-refractivity contribution in [3.63, 3.8) is 0 Å². The Morgan fingerprint density at radius 1 is 1.17 bits per heavy atom. The van der Waals surface area contributed by atoms with Gasteiger partial charge >= 0.3 is 6.18 Å². The zero-order valence-corrected chi connectivity index (χ0v) is 24.4. The highest BCUT2D eigenvalue weighted by atomic mass is 32.1. The van der Waals surface area contributed by atoms with E-state index in [0.717, 1.165) is 36.8 Å². The van der Waals surface area contributed by atoms with Crippen LogP contribution in [-0.4, -0.2) is 45.9 Å². The molecule has 0 spiro atoms. The van der Waals surface area contributed by atoms with Crippen LogP contribution in [-0.2, 0) is 30.3 Å². The number of nitrogens with zero attached hydrogens (tertiary/aromatic N) is 3. The first-order valence-corrected chi connectivity index (χ1v) is 15.0. The fourth-order valence-corrected chi connectivity index (χ4v) is 6.52. The molecule has 1 saturated heterocycles. The van der Waals surface area contributed by atoms with Crippen LogP contribution >= 0.6 is 11.3 Å². The third kappa shape index (κ3) is 5.83. The van der Waals surface area contributed by atoms with Crippen LogP contribution in [0.25, 0.3) is 11.3 Å². The molecule has 7 rings (SSSR count). The number of allylic oxidation sites excluding steroid dienone is 1. The standard InChI is InChI=1S/C20H19N3OS.C12H13F3O2/c1-13(24)16-12-25-18-11-22(9-7-15(16)18)20(14-5-6-14)17-10-21-19-4-2-3-8-23(17)19;1-2-8-3-4-11(17-9-6-16-7-9)10(5-8)12(13,14)15/h2-4,8,10,12H,5-7,9,11H2,1H3;3-5,9H,2,6-7H2,1H3. The second kappa shape index (κ2) is 11.6. The third-order valence-electron chi connectivity index (χ3n) is 7.80. The highest BCUT2D eigenvalue weighted by molar-refractivity contribution is 7.10. The van der Waals surface area contributed by atoms with Gasteiger partial charge in [0.2, 0.25) is 0 Å². The first-order valence-electron chi connectivity index (χ1n) is 14.2. The van der Waals surface area contributed by atoms with Gasteiger partial charge in [0.15, 0.2) is 5.78 Å². The molecule has 1 saturated carbocycles. The number of hydrogen-bond acceptors (Lipinski definition) is 6. The fourth-order valence-electron chi connectivity index (χ4n) is 5.37. The van der Waals surface area contributed by atoms with Crippen molar-refractivity contribution in [3.8, 4) is 5.75 Å². The number of thiophene rings is 1. The van der Waals surface area contributed by atoms with Crippen molar-refractivity contribution >= 4 is 28.5 Å². The molecule has 0 atom stereocenters. The molecule has 4 aromatic rings. The molecule has 42 heavy (non-hydrogen) atoms. The summed E-state index contributed by atoms with van der Waals surface area (Å²) in [5.41, 5.74) is 7.19. The van der Waals surface area contributed by atoms with Crippen LogP contribution in [0.3, 0.4) is 0 Å². The molecule has 5 heterocycles. The number of halogens is 3. The minimum absolute atomic E-state index is 0.108. The molecule has 220 valence electrons. The van der Waals surface area contributed by atoms with Gasteiger partial charge < -0.3 is 14.4 Å². The van der Waals surface area contributed by atoms with Crippen molar-refractivity contribution in [2.45, 2.75) is 58.4 Å². The normalized spacial score (nSPS) is 16.4. The molecular weight excluding hydrogens is 563 g/mol. The molecule has 0 radical (unpaired) electrons. The minimum atomic E-state index is -4.38. The molecule has 1 aromatic carbocycles. The fraction of sp³-hybridized carbons (Fsp3) is 0.375. The van der Waals surface area contributed by atoms with Crippen LogP contribution in [0.5, 0.6) is 5.75 Å². The number of carbonyl (C=O) groups excluding carboxylic acids is 1. The number of benzene rings is 1. The van der Waals surface area contributed by atoms with Crippen molar-refractivity contribution < 1.29 is 27.4 Å². The smallest absolute Gasteiger partial charge is 0.419 e. The lowest BCUT2D eigenvalue weighted by atomic mass is 10.0. The van der Waals surface area contributed by atoms with Crippen LogP contribution in [0.1, 0.15) is 64.3 Å². The van der Waals surface area contributed by atoms with E-state index in [2.05, 4.69) is 26.5 Å². The number of rotatable bonds is 6. The Balaban J connectivity index is 0.000000163. The lowest BCUT2D eigenvalue weighted by Gasteiger charge is -2.31. The summed E-state index contributed by atoms with van der Waals surface area (Å²) in [5.74, 6) is 0.0801. The maximum absolute atomic E-state index is 12.8. The third-order valence-corrected chi connectivity index (χ3v) is 8.81. The van der Waals surface area contributed by atoms with Gasteiger partial charge in [-0.05, 0) is 73.6 Å². The summed E-state index contributed by atoms with van der Waals surface area (Å²) in [4.78, 5) is 20.2. The molecule has 0 N–H and O–H groups in total. The number of aromatic nitrogens is 2. The zero-order chi connectivity index (χ0) is 29.4. The lowest BCUT2D eigenvalue weighted by molar-refractivity contribution is -0.142. The van der Waals surface area contributed by atoms with Crippen molar-refractivity contribution in [3.05, 3.63) is 92.6 Å². The Hall–Kier alpha value is -3.63. The average Bonchev–Trinajstić information content (AvgIpc) is 3.55. The largest absolute Gasteiger partial charge is 0.485 e. The second-order valence-corrected chi connectivity index (χ2v) is 11.7. The Kier molecular flexibility index (Phi) is 7.85. The number of carbonyl (C=O) groups is 1. The van der Waals surface area contributed by atoms with E-state index < -0.39 is 11.7 Å². The number of ether oxygens (including phenoxy) is 2. The summed E-state index contributed by atoms with van der Waals surface area (Å²) in [5, 5.41) is 2.04. The van der Waals surface area contributed by atoms with Crippen LogP contribution in [0, 0.1) is 0 Å². The summed E-state index contributed by atoms with van der Waals surface area (Å²) in [6.45, 7) is 6.05. The van der Waals surface area contributed by atoms with Gasteiger partial charge in [-0.3, -0.25) is 9.20 Å². The molecule has 2 fully saturated rings. The molecule has 3 aliphatic rings. The summed E-state index contributed by atoms with van der Waals surface area (Å²) < 4.78 is 50.8. The van der Waals surface area contributed by atoms with Gasteiger partial charge in [0, 0.05) is 28.6 Å². The van der Waals surface area contributed by atoms with Crippen LogP contribution in [0.15, 0.2) is 59.7 Å². The van der Waals surface area contributed by atoms with E-state index in [0.29, 0.717) is 25.2 Å². The van der Waals surface area contributed by atoms with Crippen molar-refractivity contribution in [2.75, 3.05) is 19.8 Å². The summed E-state index contributed by atoms with van der Waals surface area (Å²) in [6.07, 6.45) is 3.32. The lowest BCUT2D eigenvalue weighted by Crippen LogP contribution is -2.39. The quantitative estimate of drug-likeness (QED) is 0.221. The van der Waals surface area contributed by atoms with Gasteiger partial charge in [0.25, 0.3) is 0 Å². The van der Waals surface area contributed by atoms with Crippen LogP contribution < -0.4 is 4.74 Å². The molecule has 2 aliphatic heterocycles. The topological polar surface area (TPSA) is 56.1 Å². The van der Waals surface area contributed by atoms with Crippen molar-refractivity contribution in [1.29, 1.82) is 0 Å². The van der Waals surface area contributed by atoms with E-state index in [1.165, 1.54) is 46.3 Å².